The molecular formula is C28H29N3O7. The molecule has 0 aliphatic rings. The molecule has 2 amide bonds. The Morgan fingerprint density at radius 2 is 1.68 bits per heavy atom. The number of phenols is 1. The molecule has 0 saturated heterocycles. The third-order valence-corrected chi connectivity index (χ3v) is 5.53. The number of methoxy groups -OCH3 is 2. The topological polar surface area (TPSA) is 149 Å². The third kappa shape index (κ3) is 7.34. The smallest absolute Gasteiger partial charge is 0.412 e. The molecular weight excluding hydrogens is 490 g/mol. The average molecular weight is 520 g/mol. The van der Waals surface area contributed by atoms with Gasteiger partial charge in [-0.2, -0.15) is 0 Å². The summed E-state index contributed by atoms with van der Waals surface area (Å²) >= 11 is 0. The van der Waals surface area contributed by atoms with Gasteiger partial charge in [0.05, 0.1) is 18.5 Å². The maximum atomic E-state index is 12.8. The van der Waals surface area contributed by atoms with Crippen molar-refractivity contribution in [1.29, 1.82) is 0 Å². The number of nitrogens with one attached hydrogen (secondary N) is 2. The molecule has 0 spiro atoms. The van der Waals surface area contributed by atoms with Gasteiger partial charge >= 0.3 is 6.09 Å². The largest absolute Gasteiger partial charge is 0.504 e. The summed E-state index contributed by atoms with van der Waals surface area (Å²) in [4.78, 5) is 36.8. The van der Waals surface area contributed by atoms with E-state index in [4.69, 9.17) is 19.9 Å². The molecule has 2 atom stereocenters. The van der Waals surface area contributed by atoms with Crippen molar-refractivity contribution in [2.45, 2.75) is 19.1 Å². The first-order chi connectivity index (χ1) is 18.2. The molecule has 3 rings (SSSR count). The van der Waals surface area contributed by atoms with Gasteiger partial charge in [-0.1, -0.05) is 18.2 Å². The van der Waals surface area contributed by atoms with Gasteiger partial charge in [-0.25, -0.2) is 4.79 Å². The number of carbonyl (C=O) groups is 3. The number of hydrogen-bond donors (Lipinski definition) is 4. The minimum absolute atomic E-state index is 0.104. The number of phenolic OH excluding ortho intramolecular Hbond substituents is 1. The number of anilines is 3. The van der Waals surface area contributed by atoms with Gasteiger partial charge in [-0.15, -0.1) is 0 Å². The van der Waals surface area contributed by atoms with Crippen molar-refractivity contribution >= 4 is 34.8 Å². The molecule has 38 heavy (non-hydrogen) atoms. The molecule has 3 aromatic rings. The van der Waals surface area contributed by atoms with Gasteiger partial charge < -0.3 is 30.4 Å². The first-order valence-electron chi connectivity index (χ1n) is 11.5. The fourth-order valence-corrected chi connectivity index (χ4v) is 3.53. The molecule has 0 unspecified atom stereocenters. The van der Waals surface area contributed by atoms with Crippen molar-refractivity contribution in [2.24, 2.45) is 0 Å². The maximum Gasteiger partial charge on any atom is 0.412 e. The van der Waals surface area contributed by atoms with E-state index in [-0.39, 0.29) is 17.3 Å². The van der Waals surface area contributed by atoms with E-state index in [9.17, 15) is 19.5 Å². The lowest BCUT2D eigenvalue weighted by Crippen LogP contribution is -2.27. The molecule has 0 radical (unpaired) electrons. The predicted octanol–water partition coefficient (Wildman–Crippen LogP) is 4.69. The van der Waals surface area contributed by atoms with Crippen molar-refractivity contribution < 1.29 is 33.7 Å². The highest BCUT2D eigenvalue weighted by molar-refractivity contribution is 6.01. The van der Waals surface area contributed by atoms with Crippen LogP contribution in [0.3, 0.4) is 0 Å². The number of para-hydroxylation sites is 2. The molecule has 0 aromatic heterocycles. The van der Waals surface area contributed by atoms with Crippen molar-refractivity contribution in [3.8, 4) is 11.5 Å². The van der Waals surface area contributed by atoms with E-state index < -0.39 is 24.2 Å². The Balaban J connectivity index is 1.82. The Kier molecular flexibility index (Phi) is 9.44. The second kappa shape index (κ2) is 12.9. The number of amides is 2. The van der Waals surface area contributed by atoms with E-state index >= 15 is 0 Å². The molecule has 0 fully saturated rings. The normalized spacial score (nSPS) is 12.4. The van der Waals surface area contributed by atoms with E-state index in [1.165, 1.54) is 45.4 Å². The van der Waals surface area contributed by atoms with Gasteiger partial charge in [-0.05, 0) is 67.1 Å². The highest BCUT2D eigenvalue weighted by Crippen LogP contribution is 2.33. The number of aromatic hydroxyl groups is 1. The van der Waals surface area contributed by atoms with Gasteiger partial charge in [0.2, 0.25) is 5.91 Å². The summed E-state index contributed by atoms with van der Waals surface area (Å²) in [5.74, 6) is -0.523. The molecule has 10 heteroatoms. The Morgan fingerprint density at radius 1 is 0.974 bits per heavy atom. The van der Waals surface area contributed by atoms with Gasteiger partial charge in [0.15, 0.2) is 23.4 Å². The van der Waals surface area contributed by atoms with Gasteiger partial charge in [0.1, 0.15) is 6.10 Å². The molecule has 5 N–H and O–H groups in total. The lowest BCUT2D eigenvalue weighted by molar-refractivity contribution is -0.112. The fourth-order valence-electron chi connectivity index (χ4n) is 3.53. The first-order valence-corrected chi connectivity index (χ1v) is 11.5. The van der Waals surface area contributed by atoms with Crippen LogP contribution in [-0.4, -0.2) is 43.2 Å². The zero-order valence-corrected chi connectivity index (χ0v) is 21.1. The SMILES string of the molecule is COc1ccc([C@H](OC(=O)Nc2ccc(C(C)=O)cc2)[C@H](/C=C/C(=O)Nc2ccccc2N)OC)cc1O. The van der Waals surface area contributed by atoms with Crippen LogP contribution >= 0.6 is 0 Å². The standard InChI is InChI=1S/C28H29N3O7/c1-17(32)18-8-11-20(12-9-18)30-28(35)38-27(19-10-13-24(36-2)23(33)16-19)25(37-3)14-15-26(34)31-22-7-5-4-6-21(22)29/h4-16,25,27,33H,29H2,1-3H3,(H,30,35)(H,31,34)/b15-14+/t25-,27-/m0/s1. The highest BCUT2D eigenvalue weighted by Gasteiger charge is 2.27. The Hall–Kier alpha value is -4.83. The molecule has 10 nitrogen and oxygen atoms in total. The number of nitrogens with two attached hydrogens (primary N) is 1. The van der Waals surface area contributed by atoms with E-state index in [0.29, 0.717) is 28.2 Å². The van der Waals surface area contributed by atoms with Crippen LogP contribution in [-0.2, 0) is 14.3 Å². The van der Waals surface area contributed by atoms with Crippen LogP contribution in [0.4, 0.5) is 21.9 Å². The summed E-state index contributed by atoms with van der Waals surface area (Å²) in [6.45, 7) is 1.44. The minimum Gasteiger partial charge on any atom is -0.504 e. The van der Waals surface area contributed by atoms with Crippen molar-refractivity contribution in [3.63, 3.8) is 0 Å². The molecule has 0 aliphatic heterocycles. The molecule has 3 aromatic carbocycles. The van der Waals surface area contributed by atoms with Crippen LogP contribution in [0.25, 0.3) is 0 Å². The van der Waals surface area contributed by atoms with Gasteiger partial charge in [0, 0.05) is 24.4 Å². The molecule has 0 bridgehead atoms. The first kappa shape index (κ1) is 27.8. The fraction of sp³-hybridized carbons (Fsp3) is 0.179. The number of nitrogen functional groups attached to an aromatic ring is 1. The Bertz CT molecular complexity index is 1320. The summed E-state index contributed by atoms with van der Waals surface area (Å²) in [7, 11) is 2.80. The lowest BCUT2D eigenvalue weighted by atomic mass is 10.0. The summed E-state index contributed by atoms with van der Waals surface area (Å²) in [5.41, 5.74) is 8.01. The van der Waals surface area contributed by atoms with Crippen LogP contribution in [0.15, 0.2) is 78.9 Å². The number of ketones is 1. The number of benzene rings is 3. The predicted molar refractivity (Wildman–Crippen MR) is 143 cm³/mol. The second-order valence-corrected chi connectivity index (χ2v) is 8.15. The van der Waals surface area contributed by atoms with E-state index in [0.717, 1.165) is 0 Å². The van der Waals surface area contributed by atoms with Gasteiger partial charge in [-0.3, -0.25) is 14.9 Å². The summed E-state index contributed by atoms with van der Waals surface area (Å²) in [6.07, 6.45) is -0.154. The second-order valence-electron chi connectivity index (χ2n) is 8.15. The zero-order valence-electron chi connectivity index (χ0n) is 21.1. The average Bonchev–Trinajstić information content (AvgIpc) is 2.90. The minimum atomic E-state index is -1.07. The van der Waals surface area contributed by atoms with Crippen LogP contribution in [0.1, 0.15) is 28.9 Å². The van der Waals surface area contributed by atoms with Crippen LogP contribution in [0.5, 0.6) is 11.5 Å². The van der Waals surface area contributed by atoms with Crippen LogP contribution in [0, 0.1) is 0 Å². The molecule has 0 aliphatic carbocycles. The quantitative estimate of drug-likeness (QED) is 0.171. The Morgan fingerprint density at radius 3 is 2.29 bits per heavy atom. The number of carbonyl (C=O) groups excluding carboxylic acids is 3. The number of ether oxygens (including phenoxy) is 3. The van der Waals surface area contributed by atoms with Gasteiger partial charge in [0.25, 0.3) is 0 Å². The number of Topliss-reactive ketones (excluding diaryl/α,β-unsaturated/α-hetero) is 1. The monoisotopic (exact) mass is 519 g/mol. The van der Waals surface area contributed by atoms with E-state index in [1.54, 1.807) is 54.6 Å². The molecule has 198 valence electrons. The number of hydrogen-bond acceptors (Lipinski definition) is 8. The van der Waals surface area contributed by atoms with Crippen molar-refractivity contribution in [3.05, 3.63) is 90.0 Å². The summed E-state index contributed by atoms with van der Waals surface area (Å²) < 4.78 is 16.3. The third-order valence-electron chi connectivity index (χ3n) is 5.53. The Labute approximate surface area is 220 Å². The van der Waals surface area contributed by atoms with E-state index in [1.807, 2.05) is 0 Å². The number of rotatable bonds is 10. The van der Waals surface area contributed by atoms with Crippen LogP contribution in [0.2, 0.25) is 0 Å². The lowest BCUT2D eigenvalue weighted by Gasteiger charge is -2.25. The zero-order chi connectivity index (χ0) is 27.7. The summed E-state index contributed by atoms with van der Waals surface area (Å²) in [6, 6.07) is 17.6. The summed E-state index contributed by atoms with van der Waals surface area (Å²) in [5, 5.41) is 15.6. The highest BCUT2D eigenvalue weighted by atomic mass is 16.6. The van der Waals surface area contributed by atoms with E-state index in [2.05, 4.69) is 10.6 Å². The van der Waals surface area contributed by atoms with Crippen molar-refractivity contribution in [2.75, 3.05) is 30.6 Å². The van der Waals surface area contributed by atoms with Crippen LogP contribution < -0.4 is 21.1 Å². The molecule has 0 heterocycles. The molecule has 0 saturated carbocycles. The maximum absolute atomic E-state index is 12.8. The van der Waals surface area contributed by atoms with Crippen molar-refractivity contribution in [1.82, 2.24) is 0 Å².